The van der Waals surface area contributed by atoms with Crippen LogP contribution in [0.3, 0.4) is 0 Å². The first-order valence-corrected chi connectivity index (χ1v) is 10.9. The number of sulfonamides is 1. The molecular weight excluding hydrogens is 405 g/mol. The zero-order chi connectivity index (χ0) is 20.1. The van der Waals surface area contributed by atoms with E-state index in [9.17, 15) is 17.6 Å². The summed E-state index contributed by atoms with van der Waals surface area (Å²) in [5.74, 6) is -0.886. The Morgan fingerprint density at radius 2 is 1.79 bits per heavy atom. The minimum Gasteiger partial charge on any atom is -0.367 e. The van der Waals surface area contributed by atoms with Gasteiger partial charge in [0, 0.05) is 43.3 Å². The normalized spacial score (nSPS) is 15.4. The van der Waals surface area contributed by atoms with Gasteiger partial charge in [0.05, 0.1) is 11.4 Å². The van der Waals surface area contributed by atoms with Crippen molar-refractivity contribution >= 4 is 33.2 Å². The lowest BCUT2D eigenvalue weighted by atomic mass is 10.2. The Morgan fingerprint density at radius 1 is 1.07 bits per heavy atom. The van der Waals surface area contributed by atoms with Crippen LogP contribution in [0.25, 0.3) is 0 Å². The smallest absolute Gasteiger partial charge is 0.251 e. The van der Waals surface area contributed by atoms with E-state index in [1.165, 1.54) is 16.4 Å². The van der Waals surface area contributed by atoms with Gasteiger partial charge in [-0.15, -0.1) is 0 Å². The molecule has 0 radical (unpaired) electrons. The summed E-state index contributed by atoms with van der Waals surface area (Å²) >= 11 is 5.85. The molecule has 1 amide bonds. The van der Waals surface area contributed by atoms with Crippen LogP contribution in [0, 0.1) is 5.82 Å². The number of nitrogens with zero attached hydrogens (tertiary/aromatic N) is 2. The van der Waals surface area contributed by atoms with Gasteiger partial charge in [0.15, 0.2) is 0 Å². The van der Waals surface area contributed by atoms with Crippen LogP contribution in [-0.4, -0.2) is 57.1 Å². The molecule has 1 heterocycles. The molecule has 0 bridgehead atoms. The highest BCUT2D eigenvalue weighted by atomic mass is 35.5. The maximum atomic E-state index is 13.9. The minimum atomic E-state index is -3.51. The summed E-state index contributed by atoms with van der Waals surface area (Å²) in [5.41, 5.74) is 0.858. The van der Waals surface area contributed by atoms with Crippen LogP contribution < -0.4 is 10.2 Å². The van der Waals surface area contributed by atoms with Crippen LogP contribution in [0.1, 0.15) is 10.4 Å². The Kier molecular flexibility index (Phi) is 6.53. The highest BCUT2D eigenvalue weighted by Crippen LogP contribution is 2.21. The zero-order valence-corrected chi connectivity index (χ0v) is 16.7. The van der Waals surface area contributed by atoms with E-state index in [1.807, 2.05) is 4.90 Å². The van der Waals surface area contributed by atoms with Crippen molar-refractivity contribution in [2.45, 2.75) is 0 Å². The third-order valence-electron chi connectivity index (χ3n) is 4.56. The predicted molar refractivity (Wildman–Crippen MR) is 108 cm³/mol. The van der Waals surface area contributed by atoms with Crippen molar-refractivity contribution in [2.24, 2.45) is 0 Å². The van der Waals surface area contributed by atoms with Gasteiger partial charge in [0.1, 0.15) is 5.82 Å². The van der Waals surface area contributed by atoms with Gasteiger partial charge in [-0.2, -0.15) is 4.31 Å². The van der Waals surface area contributed by atoms with Crippen LogP contribution in [0.4, 0.5) is 10.1 Å². The number of piperazine rings is 1. The molecule has 0 aliphatic carbocycles. The number of para-hydroxylation sites is 1. The lowest BCUT2D eigenvalue weighted by Gasteiger charge is -2.35. The number of rotatable bonds is 6. The molecule has 150 valence electrons. The number of nitrogens with one attached hydrogen (secondary N) is 1. The van der Waals surface area contributed by atoms with E-state index in [0.717, 1.165) is 0 Å². The molecule has 9 heteroatoms. The molecule has 6 nitrogen and oxygen atoms in total. The topological polar surface area (TPSA) is 69.7 Å². The first kappa shape index (κ1) is 20.6. The average molecular weight is 426 g/mol. The van der Waals surface area contributed by atoms with Crippen molar-refractivity contribution in [2.75, 3.05) is 43.4 Å². The molecule has 0 saturated carbocycles. The molecule has 3 rings (SSSR count). The molecule has 28 heavy (non-hydrogen) atoms. The summed E-state index contributed by atoms with van der Waals surface area (Å²) in [7, 11) is -3.51. The molecule has 0 aromatic heterocycles. The van der Waals surface area contributed by atoms with E-state index < -0.39 is 10.0 Å². The van der Waals surface area contributed by atoms with Crippen molar-refractivity contribution in [3.63, 3.8) is 0 Å². The summed E-state index contributed by atoms with van der Waals surface area (Å²) in [4.78, 5) is 13.9. The SMILES string of the molecule is O=C(NCCS(=O)(=O)N1CCN(c2ccccc2F)CC1)c1cccc(Cl)c1. The van der Waals surface area contributed by atoms with E-state index >= 15 is 0 Å². The molecule has 0 atom stereocenters. The highest BCUT2D eigenvalue weighted by Gasteiger charge is 2.27. The van der Waals surface area contributed by atoms with Crippen molar-refractivity contribution in [1.82, 2.24) is 9.62 Å². The number of anilines is 1. The van der Waals surface area contributed by atoms with Gasteiger partial charge in [0.25, 0.3) is 5.91 Å². The molecule has 0 unspecified atom stereocenters. The van der Waals surface area contributed by atoms with Gasteiger partial charge < -0.3 is 10.2 Å². The van der Waals surface area contributed by atoms with Gasteiger partial charge in [-0.05, 0) is 30.3 Å². The Balaban J connectivity index is 1.50. The second kappa shape index (κ2) is 8.89. The number of halogens is 2. The fraction of sp³-hybridized carbons (Fsp3) is 0.316. The van der Waals surface area contributed by atoms with Crippen LogP contribution in [0.5, 0.6) is 0 Å². The van der Waals surface area contributed by atoms with Crippen molar-refractivity contribution in [1.29, 1.82) is 0 Å². The van der Waals surface area contributed by atoms with Crippen LogP contribution in [-0.2, 0) is 10.0 Å². The summed E-state index contributed by atoms with van der Waals surface area (Å²) in [6, 6.07) is 12.9. The Hall–Kier alpha value is -2.16. The largest absolute Gasteiger partial charge is 0.367 e. The molecule has 1 saturated heterocycles. The van der Waals surface area contributed by atoms with E-state index in [1.54, 1.807) is 36.4 Å². The van der Waals surface area contributed by atoms with Crippen LogP contribution in [0.2, 0.25) is 5.02 Å². The minimum absolute atomic E-state index is 0.00120. The van der Waals surface area contributed by atoms with E-state index in [4.69, 9.17) is 11.6 Å². The van der Waals surface area contributed by atoms with E-state index in [0.29, 0.717) is 29.4 Å². The standard InChI is InChI=1S/C19H21ClFN3O3S/c20-16-5-3-4-15(14-16)19(25)22-8-13-28(26,27)24-11-9-23(10-12-24)18-7-2-1-6-17(18)21/h1-7,14H,8-13H2,(H,22,25). The lowest BCUT2D eigenvalue weighted by molar-refractivity contribution is 0.0956. The molecule has 1 aliphatic heterocycles. The third-order valence-corrected chi connectivity index (χ3v) is 6.66. The average Bonchev–Trinajstić information content (AvgIpc) is 2.68. The number of carbonyl (C=O) groups excluding carboxylic acids is 1. The lowest BCUT2D eigenvalue weighted by Crippen LogP contribution is -2.50. The predicted octanol–water partition coefficient (Wildman–Crippen LogP) is 2.36. The number of amides is 1. The first-order chi connectivity index (χ1) is 13.4. The van der Waals surface area contributed by atoms with Crippen molar-refractivity contribution in [3.05, 3.63) is 64.9 Å². The fourth-order valence-corrected chi connectivity index (χ4v) is 4.60. The van der Waals surface area contributed by atoms with E-state index in [-0.39, 0.29) is 37.1 Å². The Labute approximate surface area is 168 Å². The molecule has 2 aromatic carbocycles. The molecule has 2 aromatic rings. The van der Waals surface area contributed by atoms with Gasteiger partial charge in [-0.25, -0.2) is 12.8 Å². The maximum absolute atomic E-state index is 13.9. The Bertz CT molecular complexity index is 947. The summed E-state index contributed by atoms with van der Waals surface area (Å²) in [6.07, 6.45) is 0. The van der Waals surface area contributed by atoms with Gasteiger partial charge >= 0.3 is 0 Å². The van der Waals surface area contributed by atoms with Gasteiger partial charge in [-0.3, -0.25) is 4.79 Å². The molecule has 1 aliphatic rings. The quantitative estimate of drug-likeness (QED) is 0.771. The second-order valence-corrected chi connectivity index (χ2v) is 8.94. The summed E-state index contributed by atoms with van der Waals surface area (Å²) in [5, 5.41) is 3.04. The monoisotopic (exact) mass is 425 g/mol. The highest BCUT2D eigenvalue weighted by molar-refractivity contribution is 7.89. The molecule has 1 N–H and O–H groups in total. The Morgan fingerprint density at radius 3 is 2.46 bits per heavy atom. The van der Waals surface area contributed by atoms with Crippen molar-refractivity contribution in [3.8, 4) is 0 Å². The van der Waals surface area contributed by atoms with E-state index in [2.05, 4.69) is 5.32 Å². The zero-order valence-electron chi connectivity index (χ0n) is 15.1. The van der Waals surface area contributed by atoms with Gasteiger partial charge in [-0.1, -0.05) is 29.8 Å². The first-order valence-electron chi connectivity index (χ1n) is 8.88. The third kappa shape index (κ3) is 5.01. The summed E-state index contributed by atoms with van der Waals surface area (Å²) < 4.78 is 40.3. The number of carbonyl (C=O) groups is 1. The van der Waals surface area contributed by atoms with Crippen LogP contribution >= 0.6 is 11.6 Å². The second-order valence-electron chi connectivity index (χ2n) is 6.42. The fourth-order valence-electron chi connectivity index (χ4n) is 3.07. The maximum Gasteiger partial charge on any atom is 0.251 e. The molecule has 0 spiro atoms. The molecular formula is C19H21ClFN3O3S. The van der Waals surface area contributed by atoms with Crippen LogP contribution in [0.15, 0.2) is 48.5 Å². The summed E-state index contributed by atoms with van der Waals surface area (Å²) in [6.45, 7) is 1.38. The number of hydrogen-bond donors (Lipinski definition) is 1. The number of hydrogen-bond acceptors (Lipinski definition) is 4. The number of benzene rings is 2. The van der Waals surface area contributed by atoms with Crippen molar-refractivity contribution < 1.29 is 17.6 Å². The van der Waals surface area contributed by atoms with Gasteiger partial charge in [0.2, 0.25) is 10.0 Å². The molecule has 1 fully saturated rings.